The molecule has 0 saturated carbocycles. The fraction of sp³-hybridized carbons (Fsp3) is 0.333. The number of esters is 2. The minimum absolute atomic E-state index is 0.0887. The predicted molar refractivity (Wildman–Crippen MR) is 68.4 cm³/mol. The normalized spacial score (nSPS) is 9.89. The molecule has 1 aromatic rings. The summed E-state index contributed by atoms with van der Waals surface area (Å²) in [6.45, 7) is 0.177. The lowest BCUT2D eigenvalue weighted by Crippen LogP contribution is -2.15. The highest BCUT2D eigenvalue weighted by Gasteiger charge is 2.18. The van der Waals surface area contributed by atoms with Gasteiger partial charge in [-0.05, 0) is 12.1 Å². The molecule has 0 aliphatic rings. The Bertz CT molecular complexity index is 381. The van der Waals surface area contributed by atoms with Crippen LogP contribution in [-0.2, 0) is 9.47 Å². The van der Waals surface area contributed by atoms with Crippen molar-refractivity contribution in [2.75, 3.05) is 25.0 Å². The molecule has 0 spiro atoms. The van der Waals surface area contributed by atoms with E-state index in [1.807, 2.05) is 0 Å². The minimum Gasteiger partial charge on any atom is -0.461 e. The van der Waals surface area contributed by atoms with E-state index in [4.69, 9.17) is 32.7 Å². The molecule has 0 N–H and O–H groups in total. The van der Waals surface area contributed by atoms with Crippen molar-refractivity contribution in [1.82, 2.24) is 0 Å². The Kier molecular flexibility index (Phi) is 6.54. The molecule has 0 aromatic heterocycles. The molecular formula is C12H12Cl2O4. The first-order chi connectivity index (χ1) is 8.70. The summed E-state index contributed by atoms with van der Waals surface area (Å²) in [6, 6.07) is 6.26. The quantitative estimate of drug-likeness (QED) is 0.597. The van der Waals surface area contributed by atoms with Crippen molar-refractivity contribution in [2.24, 2.45) is 0 Å². The fourth-order valence-electron chi connectivity index (χ4n) is 1.26. The Balaban J connectivity index is 2.85. The van der Waals surface area contributed by atoms with Crippen molar-refractivity contribution in [2.45, 2.75) is 0 Å². The maximum Gasteiger partial charge on any atom is 0.339 e. The highest BCUT2D eigenvalue weighted by Crippen LogP contribution is 2.12. The van der Waals surface area contributed by atoms with Crippen LogP contribution in [0.3, 0.4) is 0 Å². The van der Waals surface area contributed by atoms with E-state index in [0.717, 1.165) is 0 Å². The fourth-order valence-corrected chi connectivity index (χ4v) is 1.41. The molecule has 1 aromatic carbocycles. The number of ether oxygens (including phenoxy) is 2. The average molecular weight is 291 g/mol. The second kappa shape index (κ2) is 7.95. The van der Waals surface area contributed by atoms with Crippen molar-refractivity contribution >= 4 is 35.1 Å². The van der Waals surface area contributed by atoms with Gasteiger partial charge in [-0.3, -0.25) is 0 Å². The molecule has 1 rings (SSSR count). The summed E-state index contributed by atoms with van der Waals surface area (Å²) < 4.78 is 9.74. The lowest BCUT2D eigenvalue weighted by molar-refractivity contribution is 0.0482. The first-order valence-corrected chi connectivity index (χ1v) is 6.32. The van der Waals surface area contributed by atoms with Crippen LogP contribution in [-0.4, -0.2) is 36.9 Å². The first-order valence-electron chi connectivity index (χ1n) is 5.26. The van der Waals surface area contributed by atoms with Crippen molar-refractivity contribution in [3.63, 3.8) is 0 Å². The van der Waals surface area contributed by atoms with Crippen molar-refractivity contribution in [3.8, 4) is 0 Å². The molecule has 4 nitrogen and oxygen atoms in total. The van der Waals surface area contributed by atoms with E-state index in [-0.39, 0.29) is 36.1 Å². The third-order valence-corrected chi connectivity index (χ3v) is 2.30. The van der Waals surface area contributed by atoms with Gasteiger partial charge in [0, 0.05) is 0 Å². The maximum atomic E-state index is 11.7. The molecule has 18 heavy (non-hydrogen) atoms. The van der Waals surface area contributed by atoms with E-state index in [1.165, 1.54) is 12.1 Å². The second-order valence-electron chi connectivity index (χ2n) is 3.20. The third kappa shape index (κ3) is 4.20. The van der Waals surface area contributed by atoms with E-state index < -0.39 is 11.9 Å². The van der Waals surface area contributed by atoms with Crippen LogP contribution < -0.4 is 0 Å². The summed E-state index contributed by atoms with van der Waals surface area (Å²) in [4.78, 5) is 23.4. The Morgan fingerprint density at radius 2 is 1.28 bits per heavy atom. The summed E-state index contributed by atoms with van der Waals surface area (Å²) in [6.07, 6.45) is 0. The number of carbonyl (C=O) groups is 2. The van der Waals surface area contributed by atoms with E-state index in [0.29, 0.717) is 0 Å². The summed E-state index contributed by atoms with van der Waals surface area (Å²) in [5.41, 5.74) is 0.310. The Morgan fingerprint density at radius 3 is 1.61 bits per heavy atom. The van der Waals surface area contributed by atoms with Gasteiger partial charge >= 0.3 is 11.9 Å². The summed E-state index contributed by atoms with van der Waals surface area (Å²) in [7, 11) is 0. The van der Waals surface area contributed by atoms with Crippen molar-refractivity contribution in [1.29, 1.82) is 0 Å². The van der Waals surface area contributed by atoms with Gasteiger partial charge in [-0.2, -0.15) is 0 Å². The standard InChI is InChI=1S/C12H12Cl2O4/c13-5-7-17-11(15)9-3-1-2-4-10(9)12(16)18-8-6-14/h1-4H,5-8H2. The van der Waals surface area contributed by atoms with Gasteiger partial charge < -0.3 is 9.47 Å². The zero-order valence-corrected chi connectivity index (χ0v) is 11.0. The van der Waals surface area contributed by atoms with E-state index in [9.17, 15) is 9.59 Å². The number of carbonyl (C=O) groups excluding carboxylic acids is 2. The van der Waals surface area contributed by atoms with E-state index in [2.05, 4.69) is 0 Å². The number of alkyl halides is 2. The molecule has 0 fully saturated rings. The molecule has 0 amide bonds. The molecule has 0 aliphatic carbocycles. The Morgan fingerprint density at radius 1 is 0.889 bits per heavy atom. The highest BCUT2D eigenvalue weighted by atomic mass is 35.5. The average Bonchev–Trinajstić information content (AvgIpc) is 2.42. The largest absolute Gasteiger partial charge is 0.461 e. The van der Waals surface area contributed by atoms with Gasteiger partial charge in [0.25, 0.3) is 0 Å². The molecule has 0 atom stereocenters. The van der Waals surface area contributed by atoms with E-state index >= 15 is 0 Å². The number of hydrogen-bond donors (Lipinski definition) is 0. The van der Waals surface area contributed by atoms with Crippen LogP contribution in [0.5, 0.6) is 0 Å². The molecule has 0 heterocycles. The molecule has 0 unspecified atom stereocenters. The number of benzene rings is 1. The van der Waals surface area contributed by atoms with Crippen molar-refractivity contribution < 1.29 is 19.1 Å². The highest BCUT2D eigenvalue weighted by molar-refractivity contribution is 6.18. The van der Waals surface area contributed by atoms with Gasteiger partial charge in [-0.15, -0.1) is 23.2 Å². The Hall–Kier alpha value is -1.26. The summed E-state index contributed by atoms with van der Waals surface area (Å²) in [5.74, 6) is -0.807. The lowest BCUT2D eigenvalue weighted by atomic mass is 10.1. The smallest absolute Gasteiger partial charge is 0.339 e. The van der Waals surface area contributed by atoms with Gasteiger partial charge in [0.2, 0.25) is 0 Å². The molecular weight excluding hydrogens is 279 g/mol. The summed E-state index contributed by atoms with van der Waals surface area (Å²) >= 11 is 10.8. The van der Waals surface area contributed by atoms with Crippen LogP contribution in [0.2, 0.25) is 0 Å². The maximum absolute atomic E-state index is 11.7. The van der Waals surface area contributed by atoms with Gasteiger partial charge in [-0.25, -0.2) is 9.59 Å². The second-order valence-corrected chi connectivity index (χ2v) is 3.95. The Labute approximate surface area is 115 Å². The lowest BCUT2D eigenvalue weighted by Gasteiger charge is -2.08. The van der Waals surface area contributed by atoms with Crippen LogP contribution >= 0.6 is 23.2 Å². The molecule has 98 valence electrons. The molecule has 6 heteroatoms. The van der Waals surface area contributed by atoms with E-state index in [1.54, 1.807) is 12.1 Å². The van der Waals surface area contributed by atoms with Crippen LogP contribution in [0, 0.1) is 0 Å². The number of hydrogen-bond acceptors (Lipinski definition) is 4. The van der Waals surface area contributed by atoms with Gasteiger partial charge in [0.15, 0.2) is 0 Å². The monoisotopic (exact) mass is 290 g/mol. The van der Waals surface area contributed by atoms with Crippen LogP contribution in [0.15, 0.2) is 24.3 Å². The van der Waals surface area contributed by atoms with Crippen LogP contribution in [0.1, 0.15) is 20.7 Å². The zero-order chi connectivity index (χ0) is 13.4. The minimum atomic E-state index is -0.603. The van der Waals surface area contributed by atoms with Gasteiger partial charge in [0.05, 0.1) is 22.9 Å². The number of rotatable bonds is 6. The zero-order valence-electron chi connectivity index (χ0n) is 9.53. The molecule has 0 saturated heterocycles. The topological polar surface area (TPSA) is 52.6 Å². The predicted octanol–water partition coefficient (Wildman–Crippen LogP) is 2.48. The van der Waals surface area contributed by atoms with Crippen LogP contribution in [0.4, 0.5) is 0 Å². The van der Waals surface area contributed by atoms with Crippen molar-refractivity contribution in [3.05, 3.63) is 35.4 Å². The van der Waals surface area contributed by atoms with Crippen LogP contribution in [0.25, 0.3) is 0 Å². The molecule has 0 radical (unpaired) electrons. The summed E-state index contributed by atoms with van der Waals surface area (Å²) in [5, 5.41) is 0. The third-order valence-electron chi connectivity index (χ3n) is 1.99. The first kappa shape index (κ1) is 14.8. The molecule has 0 bridgehead atoms. The molecule has 0 aliphatic heterocycles. The SMILES string of the molecule is O=C(OCCCl)c1ccccc1C(=O)OCCCl. The van der Waals surface area contributed by atoms with Gasteiger partial charge in [0.1, 0.15) is 13.2 Å². The number of halogens is 2. The van der Waals surface area contributed by atoms with Gasteiger partial charge in [-0.1, -0.05) is 12.1 Å².